The zero-order valence-corrected chi connectivity index (χ0v) is 9.77. The first-order chi connectivity index (χ1) is 7.68. The van der Waals surface area contributed by atoms with Crippen LogP contribution in [0.5, 0.6) is 5.75 Å². The van der Waals surface area contributed by atoms with Gasteiger partial charge in [-0.15, -0.1) is 0 Å². The minimum Gasteiger partial charge on any atom is -0.491 e. The van der Waals surface area contributed by atoms with Crippen LogP contribution in [0.1, 0.15) is 20.3 Å². The first kappa shape index (κ1) is 11.0. The fourth-order valence-electron chi connectivity index (χ4n) is 1.89. The summed E-state index contributed by atoms with van der Waals surface area (Å²) in [4.78, 5) is 13.8. The molecule has 0 saturated heterocycles. The molecule has 1 heterocycles. The lowest BCUT2D eigenvalue weighted by molar-refractivity contribution is -0.118. The van der Waals surface area contributed by atoms with E-state index in [-0.39, 0.29) is 5.91 Å². The predicted molar refractivity (Wildman–Crippen MR) is 63.7 cm³/mol. The highest BCUT2D eigenvalue weighted by Crippen LogP contribution is 2.31. The third-order valence-corrected chi connectivity index (χ3v) is 2.58. The van der Waals surface area contributed by atoms with Gasteiger partial charge in [0.05, 0.1) is 18.7 Å². The Morgan fingerprint density at radius 2 is 2.12 bits per heavy atom. The lowest BCUT2D eigenvalue weighted by Gasteiger charge is -2.23. The van der Waals surface area contributed by atoms with Gasteiger partial charge in [-0.3, -0.25) is 4.79 Å². The summed E-state index contributed by atoms with van der Waals surface area (Å²) in [5.74, 6) is 1.42. The van der Waals surface area contributed by atoms with E-state index in [1.807, 2.05) is 29.2 Å². The van der Waals surface area contributed by atoms with E-state index in [1.54, 1.807) is 0 Å². The molecular weight excluding hydrogens is 202 g/mol. The summed E-state index contributed by atoms with van der Waals surface area (Å²) in [7, 11) is 0. The average molecular weight is 219 g/mol. The molecule has 16 heavy (non-hydrogen) atoms. The Balaban J connectivity index is 2.36. The maximum Gasteiger partial charge on any atom is 0.230 e. The quantitative estimate of drug-likeness (QED) is 0.764. The number of carbonyl (C=O) groups excluding carboxylic acids is 1. The number of anilines is 1. The van der Waals surface area contributed by atoms with Gasteiger partial charge in [-0.25, -0.2) is 0 Å². The smallest absolute Gasteiger partial charge is 0.230 e. The lowest BCUT2D eigenvalue weighted by atomic mass is 10.1. The van der Waals surface area contributed by atoms with Gasteiger partial charge in [0.2, 0.25) is 5.91 Å². The Hall–Kier alpha value is -1.51. The number of benzene rings is 1. The van der Waals surface area contributed by atoms with Crippen LogP contribution in [0.4, 0.5) is 5.69 Å². The van der Waals surface area contributed by atoms with E-state index in [4.69, 9.17) is 4.74 Å². The number of carbonyl (C=O) groups is 1. The number of ether oxygens (including phenoxy) is 1. The van der Waals surface area contributed by atoms with Gasteiger partial charge >= 0.3 is 0 Å². The van der Waals surface area contributed by atoms with Crippen molar-refractivity contribution in [3.05, 3.63) is 24.3 Å². The maximum absolute atomic E-state index is 12.0. The molecule has 0 aromatic heterocycles. The van der Waals surface area contributed by atoms with Crippen LogP contribution in [0, 0.1) is 5.92 Å². The van der Waals surface area contributed by atoms with Gasteiger partial charge in [-0.05, 0) is 18.1 Å². The minimum absolute atomic E-state index is 0.152. The molecule has 3 heteroatoms. The molecule has 0 spiro atoms. The van der Waals surface area contributed by atoms with Crippen molar-refractivity contribution in [2.45, 2.75) is 20.3 Å². The van der Waals surface area contributed by atoms with Gasteiger partial charge in [-0.1, -0.05) is 26.0 Å². The molecule has 0 saturated carbocycles. The lowest BCUT2D eigenvalue weighted by Crippen LogP contribution is -2.33. The molecule has 1 aromatic rings. The van der Waals surface area contributed by atoms with Crippen molar-refractivity contribution in [1.82, 2.24) is 0 Å². The summed E-state index contributed by atoms with van der Waals surface area (Å²) >= 11 is 0. The zero-order valence-electron chi connectivity index (χ0n) is 9.77. The van der Waals surface area contributed by atoms with Crippen molar-refractivity contribution in [2.75, 3.05) is 18.1 Å². The summed E-state index contributed by atoms with van der Waals surface area (Å²) in [5, 5.41) is 0. The molecule has 1 amide bonds. The van der Waals surface area contributed by atoms with E-state index in [9.17, 15) is 4.79 Å². The molecule has 0 bridgehead atoms. The van der Waals surface area contributed by atoms with Crippen molar-refractivity contribution in [3.63, 3.8) is 0 Å². The van der Waals surface area contributed by atoms with Crippen LogP contribution in [0.15, 0.2) is 24.3 Å². The summed E-state index contributed by atoms with van der Waals surface area (Å²) in [6.07, 6.45) is 0.460. The third-order valence-electron chi connectivity index (χ3n) is 2.58. The van der Waals surface area contributed by atoms with E-state index < -0.39 is 0 Å². The Kier molecular flexibility index (Phi) is 3.13. The molecule has 0 aliphatic carbocycles. The second kappa shape index (κ2) is 4.56. The Bertz CT molecular complexity index is 387. The number of rotatable bonds is 2. The maximum atomic E-state index is 12.0. The first-order valence-electron chi connectivity index (χ1n) is 5.70. The minimum atomic E-state index is 0.152. The fourth-order valence-corrected chi connectivity index (χ4v) is 1.89. The van der Waals surface area contributed by atoms with E-state index in [2.05, 4.69) is 13.8 Å². The predicted octanol–water partition coefficient (Wildman–Crippen LogP) is 2.46. The third kappa shape index (κ3) is 2.18. The highest BCUT2D eigenvalue weighted by Gasteiger charge is 2.23. The van der Waals surface area contributed by atoms with Gasteiger partial charge in [0.1, 0.15) is 5.75 Å². The molecule has 2 rings (SSSR count). The summed E-state index contributed by atoms with van der Waals surface area (Å²) < 4.78 is 5.57. The van der Waals surface area contributed by atoms with Crippen LogP contribution < -0.4 is 9.64 Å². The van der Waals surface area contributed by atoms with E-state index in [0.717, 1.165) is 18.0 Å². The summed E-state index contributed by atoms with van der Waals surface area (Å²) in [6, 6.07) is 7.73. The second-order valence-corrected chi connectivity index (χ2v) is 4.46. The van der Waals surface area contributed by atoms with Crippen molar-refractivity contribution < 1.29 is 9.53 Å². The van der Waals surface area contributed by atoms with Crippen LogP contribution in [0.25, 0.3) is 0 Å². The molecule has 86 valence electrons. The Labute approximate surface area is 96.0 Å². The molecule has 0 N–H and O–H groups in total. The van der Waals surface area contributed by atoms with Crippen LogP contribution in [0.3, 0.4) is 0 Å². The number of nitrogens with zero attached hydrogens (tertiary/aromatic N) is 1. The molecule has 3 nitrogen and oxygen atoms in total. The topological polar surface area (TPSA) is 29.5 Å². The monoisotopic (exact) mass is 219 g/mol. The van der Waals surface area contributed by atoms with Crippen LogP contribution >= 0.6 is 0 Å². The number of hydrogen-bond donors (Lipinski definition) is 0. The molecule has 0 unspecified atom stereocenters. The van der Waals surface area contributed by atoms with Crippen LogP contribution in [0.2, 0.25) is 0 Å². The van der Waals surface area contributed by atoms with Crippen molar-refractivity contribution in [3.8, 4) is 5.75 Å². The molecule has 0 atom stereocenters. The van der Waals surface area contributed by atoms with Crippen molar-refractivity contribution in [2.24, 2.45) is 5.92 Å². The van der Waals surface area contributed by atoms with E-state index in [1.165, 1.54) is 0 Å². The number of amides is 1. The molecule has 0 radical (unpaired) electrons. The molecule has 1 aromatic carbocycles. The van der Waals surface area contributed by atoms with Crippen molar-refractivity contribution >= 4 is 11.6 Å². The zero-order chi connectivity index (χ0) is 11.5. The molecule has 1 aliphatic rings. The molecule has 0 fully saturated rings. The van der Waals surface area contributed by atoms with E-state index >= 15 is 0 Å². The summed E-state index contributed by atoms with van der Waals surface area (Å²) in [6.45, 7) is 5.45. The highest BCUT2D eigenvalue weighted by molar-refractivity contribution is 5.95. The number of fused-ring (bicyclic) bond motifs is 1. The van der Waals surface area contributed by atoms with Crippen LogP contribution in [-0.2, 0) is 4.79 Å². The largest absolute Gasteiger partial charge is 0.491 e. The van der Waals surface area contributed by atoms with Crippen LogP contribution in [-0.4, -0.2) is 19.1 Å². The fraction of sp³-hybridized carbons (Fsp3) is 0.462. The van der Waals surface area contributed by atoms with Gasteiger partial charge in [-0.2, -0.15) is 0 Å². The Morgan fingerprint density at radius 3 is 2.88 bits per heavy atom. The van der Waals surface area contributed by atoms with Gasteiger partial charge in [0.15, 0.2) is 0 Å². The van der Waals surface area contributed by atoms with Crippen molar-refractivity contribution in [1.29, 1.82) is 0 Å². The van der Waals surface area contributed by atoms with Gasteiger partial charge in [0, 0.05) is 6.54 Å². The second-order valence-electron chi connectivity index (χ2n) is 4.46. The highest BCUT2D eigenvalue weighted by atomic mass is 16.5. The van der Waals surface area contributed by atoms with Gasteiger partial charge < -0.3 is 9.64 Å². The molecule has 1 aliphatic heterocycles. The number of para-hydroxylation sites is 2. The SMILES string of the molecule is CC(C)CN1C(=O)CCOc2ccccc21. The van der Waals surface area contributed by atoms with E-state index in [0.29, 0.717) is 18.9 Å². The first-order valence-corrected chi connectivity index (χ1v) is 5.70. The average Bonchev–Trinajstić information content (AvgIpc) is 2.40. The number of hydrogen-bond acceptors (Lipinski definition) is 2. The normalized spacial score (nSPS) is 15.7. The molecular formula is C13H17NO2. The van der Waals surface area contributed by atoms with Gasteiger partial charge in [0.25, 0.3) is 0 Å². The standard InChI is InChI=1S/C13H17NO2/c1-10(2)9-14-11-5-3-4-6-12(11)16-8-7-13(14)15/h3-6,10H,7-9H2,1-2H3. The Morgan fingerprint density at radius 1 is 1.38 bits per heavy atom. The summed E-state index contributed by atoms with van der Waals surface area (Å²) in [5.41, 5.74) is 0.902.